The van der Waals surface area contributed by atoms with Crippen molar-refractivity contribution >= 4 is 33.2 Å². The highest BCUT2D eigenvalue weighted by molar-refractivity contribution is 6.09. The highest BCUT2D eigenvalue weighted by Crippen LogP contribution is 2.38. The third-order valence-corrected chi connectivity index (χ3v) is 5.20. The minimum Gasteiger partial charge on any atom is -0.309 e. The normalized spacial score (nSPS) is 10.7. The van der Waals surface area contributed by atoms with E-state index in [1.165, 1.54) is 10.8 Å². The molecule has 3 nitrogen and oxygen atoms in total. The van der Waals surface area contributed by atoms with Gasteiger partial charge < -0.3 is 4.57 Å². The van der Waals surface area contributed by atoms with Crippen LogP contribution in [0.25, 0.3) is 48.3 Å². The molecular formula is C26H15N3. The molecule has 0 aliphatic rings. The molecule has 0 radical (unpaired) electrons. The smallest absolute Gasteiger partial charge is 0.177 e. The summed E-state index contributed by atoms with van der Waals surface area (Å²) in [5, 5.41) is 2.41. The second-order valence-corrected chi connectivity index (χ2v) is 6.85. The van der Waals surface area contributed by atoms with Crippen molar-refractivity contribution in [2.45, 2.75) is 0 Å². The Labute approximate surface area is 168 Å². The predicted molar refractivity (Wildman–Crippen MR) is 119 cm³/mol. The highest BCUT2D eigenvalue weighted by Gasteiger charge is 2.15. The molecule has 0 amide bonds. The van der Waals surface area contributed by atoms with Crippen molar-refractivity contribution in [3.8, 4) is 16.8 Å². The van der Waals surface area contributed by atoms with Gasteiger partial charge in [-0.2, -0.15) is 0 Å². The van der Waals surface area contributed by atoms with Crippen LogP contribution in [0.3, 0.4) is 0 Å². The third kappa shape index (κ3) is 2.65. The van der Waals surface area contributed by atoms with E-state index in [1.54, 1.807) is 6.07 Å². The van der Waals surface area contributed by atoms with Crippen molar-refractivity contribution in [1.82, 2.24) is 4.57 Å². The summed E-state index contributed by atoms with van der Waals surface area (Å²) in [7, 11) is 0. The zero-order valence-corrected chi connectivity index (χ0v) is 15.5. The molecule has 5 aromatic rings. The fraction of sp³-hybridized carbons (Fsp3) is 0. The van der Waals surface area contributed by atoms with Crippen molar-refractivity contribution in [2.75, 3.05) is 0 Å². The first-order valence-electron chi connectivity index (χ1n) is 9.28. The maximum Gasteiger partial charge on any atom is 0.177 e. The van der Waals surface area contributed by atoms with Gasteiger partial charge in [0.05, 0.1) is 29.9 Å². The van der Waals surface area contributed by atoms with Crippen LogP contribution in [0.5, 0.6) is 0 Å². The topological polar surface area (TPSA) is 13.7 Å². The Morgan fingerprint density at radius 1 is 0.586 bits per heavy atom. The predicted octanol–water partition coefficient (Wildman–Crippen LogP) is 7.55. The number of aromatic nitrogens is 1. The van der Waals surface area contributed by atoms with Gasteiger partial charge in [0.2, 0.25) is 0 Å². The van der Waals surface area contributed by atoms with E-state index in [-0.39, 0.29) is 0 Å². The maximum atomic E-state index is 7.40. The van der Waals surface area contributed by atoms with Gasteiger partial charge in [0.1, 0.15) is 0 Å². The largest absolute Gasteiger partial charge is 0.309 e. The zero-order valence-electron chi connectivity index (χ0n) is 15.5. The van der Waals surface area contributed by atoms with Crippen molar-refractivity contribution in [2.24, 2.45) is 0 Å². The molecule has 0 fully saturated rings. The summed E-state index contributed by atoms with van der Waals surface area (Å²) in [6, 6.07) is 30.3. The lowest BCUT2D eigenvalue weighted by molar-refractivity contribution is 1.18. The minimum absolute atomic E-state index is 0.477. The van der Waals surface area contributed by atoms with Crippen molar-refractivity contribution in [3.63, 3.8) is 0 Å². The van der Waals surface area contributed by atoms with Crippen LogP contribution in [-0.4, -0.2) is 4.57 Å². The Hall–Kier alpha value is -4.34. The molecule has 3 heteroatoms. The minimum atomic E-state index is 0.477. The number of benzene rings is 4. The molecule has 134 valence electrons. The Balaban J connectivity index is 1.88. The highest BCUT2D eigenvalue weighted by atomic mass is 15.0. The number of para-hydroxylation sites is 3. The van der Waals surface area contributed by atoms with Gasteiger partial charge in [0.15, 0.2) is 11.4 Å². The summed E-state index contributed by atoms with van der Waals surface area (Å²) in [6.07, 6.45) is 0. The molecule has 0 atom stereocenters. The molecule has 0 saturated heterocycles. The average Bonchev–Trinajstić information content (AvgIpc) is 3.13. The maximum absolute atomic E-state index is 7.40. The lowest BCUT2D eigenvalue weighted by Gasteiger charge is -2.14. The van der Waals surface area contributed by atoms with E-state index in [9.17, 15) is 0 Å². The second-order valence-electron chi connectivity index (χ2n) is 6.85. The first-order chi connectivity index (χ1) is 14.3. The molecule has 0 spiro atoms. The van der Waals surface area contributed by atoms with Gasteiger partial charge in [-0.05, 0) is 23.8 Å². The molecule has 29 heavy (non-hydrogen) atoms. The van der Waals surface area contributed by atoms with Crippen LogP contribution in [0, 0.1) is 13.1 Å². The van der Waals surface area contributed by atoms with Crippen LogP contribution in [0.15, 0.2) is 91.0 Å². The van der Waals surface area contributed by atoms with Crippen LogP contribution in [0.1, 0.15) is 0 Å². The molecule has 5 rings (SSSR count). The monoisotopic (exact) mass is 369 g/mol. The SMILES string of the molecule is [C-]#[N+]c1cc([N+]#[C-])cc(-c2ccccc2-n2c3ccccc3c3ccccc32)c1. The van der Waals surface area contributed by atoms with Gasteiger partial charge in [0, 0.05) is 16.3 Å². The van der Waals surface area contributed by atoms with Crippen LogP contribution in [0.4, 0.5) is 11.4 Å². The molecule has 0 N–H and O–H groups in total. The summed E-state index contributed by atoms with van der Waals surface area (Å²) in [5.74, 6) is 0. The summed E-state index contributed by atoms with van der Waals surface area (Å²) >= 11 is 0. The Bertz CT molecular complexity index is 1390. The molecule has 0 saturated carbocycles. The van der Waals surface area contributed by atoms with E-state index in [4.69, 9.17) is 13.1 Å². The molecule has 0 unspecified atom stereocenters. The van der Waals surface area contributed by atoms with E-state index in [0.717, 1.165) is 27.8 Å². The molecule has 0 aliphatic heterocycles. The summed E-state index contributed by atoms with van der Waals surface area (Å²) < 4.78 is 2.27. The van der Waals surface area contributed by atoms with Crippen molar-refractivity contribution < 1.29 is 0 Å². The zero-order chi connectivity index (χ0) is 19.8. The molecule has 0 bridgehead atoms. The molecular weight excluding hydrogens is 354 g/mol. The summed E-state index contributed by atoms with van der Waals surface area (Å²) in [5.41, 5.74) is 6.12. The fourth-order valence-corrected chi connectivity index (χ4v) is 3.97. The van der Waals surface area contributed by atoms with E-state index >= 15 is 0 Å². The van der Waals surface area contributed by atoms with Gasteiger partial charge in [-0.3, -0.25) is 0 Å². The van der Waals surface area contributed by atoms with Crippen molar-refractivity contribution in [1.29, 1.82) is 0 Å². The van der Waals surface area contributed by atoms with Crippen LogP contribution in [-0.2, 0) is 0 Å². The first kappa shape index (κ1) is 16.8. The Kier molecular flexibility index (Phi) is 3.87. The number of fused-ring (bicyclic) bond motifs is 3. The van der Waals surface area contributed by atoms with Gasteiger partial charge in [-0.15, -0.1) is 0 Å². The van der Waals surface area contributed by atoms with Crippen LogP contribution in [0.2, 0.25) is 0 Å². The molecule has 1 aromatic heterocycles. The first-order valence-corrected chi connectivity index (χ1v) is 9.28. The van der Waals surface area contributed by atoms with Gasteiger partial charge in [-0.1, -0.05) is 72.8 Å². The Morgan fingerprint density at radius 2 is 1.10 bits per heavy atom. The van der Waals surface area contributed by atoms with Gasteiger partial charge in [0.25, 0.3) is 0 Å². The van der Waals surface area contributed by atoms with E-state index < -0.39 is 0 Å². The van der Waals surface area contributed by atoms with Crippen molar-refractivity contribution in [3.05, 3.63) is 114 Å². The van der Waals surface area contributed by atoms with E-state index in [2.05, 4.69) is 74.9 Å². The Morgan fingerprint density at radius 3 is 1.69 bits per heavy atom. The number of rotatable bonds is 2. The lowest BCUT2D eigenvalue weighted by atomic mass is 10.0. The van der Waals surface area contributed by atoms with Crippen LogP contribution >= 0.6 is 0 Å². The van der Waals surface area contributed by atoms with E-state index in [1.807, 2.05) is 24.3 Å². The summed E-state index contributed by atoms with van der Waals surface area (Å²) in [6.45, 7) is 14.8. The van der Waals surface area contributed by atoms with Gasteiger partial charge >= 0.3 is 0 Å². The number of hydrogen-bond donors (Lipinski definition) is 0. The lowest BCUT2D eigenvalue weighted by Crippen LogP contribution is -1.96. The van der Waals surface area contributed by atoms with Gasteiger partial charge in [-0.25, -0.2) is 9.69 Å². The molecule has 1 heterocycles. The van der Waals surface area contributed by atoms with Crippen LogP contribution < -0.4 is 0 Å². The number of nitrogens with zero attached hydrogens (tertiary/aromatic N) is 3. The number of hydrogen-bond acceptors (Lipinski definition) is 0. The fourth-order valence-electron chi connectivity index (χ4n) is 3.97. The molecule has 0 aliphatic carbocycles. The standard InChI is InChI=1S/C26H15N3/c1-27-19-15-18(16-20(17-19)28-2)21-9-3-6-12-24(21)29-25-13-7-4-10-22(25)23-11-5-8-14-26(23)29/h3-17H. The second kappa shape index (κ2) is 6.68. The summed E-state index contributed by atoms with van der Waals surface area (Å²) in [4.78, 5) is 7.11. The average molecular weight is 369 g/mol. The third-order valence-electron chi connectivity index (χ3n) is 5.20. The quantitative estimate of drug-likeness (QED) is 0.285. The molecule has 4 aromatic carbocycles. The van der Waals surface area contributed by atoms with E-state index in [0.29, 0.717) is 11.4 Å².